The fourth-order valence-corrected chi connectivity index (χ4v) is 3.55. The number of benzene rings is 2. The highest BCUT2D eigenvalue weighted by Gasteiger charge is 2.17. The van der Waals surface area contributed by atoms with Gasteiger partial charge in [-0.25, -0.2) is 4.98 Å². The quantitative estimate of drug-likeness (QED) is 0.725. The second-order valence-corrected chi connectivity index (χ2v) is 6.91. The van der Waals surface area contributed by atoms with Gasteiger partial charge >= 0.3 is 0 Å². The Morgan fingerprint density at radius 2 is 1.60 bits per heavy atom. The van der Waals surface area contributed by atoms with Crippen molar-refractivity contribution in [2.45, 2.75) is 26.4 Å². The first-order chi connectivity index (χ1) is 12.3. The van der Waals surface area contributed by atoms with E-state index < -0.39 is 0 Å². The third-order valence-corrected chi connectivity index (χ3v) is 5.03. The van der Waals surface area contributed by atoms with Crippen LogP contribution in [0.15, 0.2) is 52.9 Å². The Morgan fingerprint density at radius 3 is 2.40 bits per heavy atom. The number of aryl methyl sites for hydroxylation is 1. The largest absolute Gasteiger partial charge is 0.439 e. The van der Waals surface area contributed by atoms with Gasteiger partial charge in [0, 0.05) is 19.6 Å². The van der Waals surface area contributed by atoms with Crippen molar-refractivity contribution in [1.29, 1.82) is 0 Å². The summed E-state index contributed by atoms with van der Waals surface area (Å²) in [7, 11) is 0. The lowest BCUT2D eigenvalue weighted by molar-refractivity contribution is 0.233. The molecule has 0 amide bonds. The van der Waals surface area contributed by atoms with Crippen molar-refractivity contribution in [2.75, 3.05) is 26.2 Å². The highest BCUT2D eigenvalue weighted by atomic mass is 16.3. The maximum Gasteiger partial charge on any atom is 0.209 e. The van der Waals surface area contributed by atoms with Gasteiger partial charge in [-0.1, -0.05) is 36.4 Å². The SMILES string of the molecule is Cc1ccccc1CN1CCCN(Cc2nc3ccccc3o2)CC1. The molecule has 0 spiro atoms. The van der Waals surface area contributed by atoms with Crippen LogP contribution in [0.1, 0.15) is 23.4 Å². The lowest BCUT2D eigenvalue weighted by Gasteiger charge is -2.21. The second-order valence-electron chi connectivity index (χ2n) is 6.91. The summed E-state index contributed by atoms with van der Waals surface area (Å²) in [6.07, 6.45) is 1.19. The predicted octanol–water partition coefficient (Wildman–Crippen LogP) is 3.84. The molecule has 0 N–H and O–H groups in total. The van der Waals surface area contributed by atoms with Crippen molar-refractivity contribution in [3.8, 4) is 0 Å². The molecule has 0 atom stereocenters. The number of oxazole rings is 1. The van der Waals surface area contributed by atoms with Gasteiger partial charge in [0.05, 0.1) is 6.54 Å². The van der Waals surface area contributed by atoms with Gasteiger partial charge in [-0.05, 0) is 49.7 Å². The molecule has 1 saturated heterocycles. The van der Waals surface area contributed by atoms with E-state index >= 15 is 0 Å². The molecule has 0 aliphatic carbocycles. The van der Waals surface area contributed by atoms with Gasteiger partial charge in [-0.2, -0.15) is 0 Å². The van der Waals surface area contributed by atoms with Crippen molar-refractivity contribution in [1.82, 2.24) is 14.8 Å². The molecule has 0 saturated carbocycles. The molecule has 1 aromatic heterocycles. The summed E-state index contributed by atoms with van der Waals surface area (Å²) in [6.45, 7) is 8.45. The van der Waals surface area contributed by atoms with E-state index in [1.165, 1.54) is 17.5 Å². The first-order valence-electron chi connectivity index (χ1n) is 9.11. The van der Waals surface area contributed by atoms with Gasteiger partial charge in [-0.15, -0.1) is 0 Å². The number of hydrogen-bond acceptors (Lipinski definition) is 4. The van der Waals surface area contributed by atoms with E-state index in [1.807, 2.05) is 24.3 Å². The van der Waals surface area contributed by atoms with E-state index in [4.69, 9.17) is 4.42 Å². The molecule has 1 fully saturated rings. The summed E-state index contributed by atoms with van der Waals surface area (Å²) in [5.74, 6) is 0.827. The molecule has 4 rings (SSSR count). The summed E-state index contributed by atoms with van der Waals surface area (Å²) in [5.41, 5.74) is 4.66. The minimum Gasteiger partial charge on any atom is -0.439 e. The Morgan fingerprint density at radius 1 is 0.880 bits per heavy atom. The van der Waals surface area contributed by atoms with Crippen molar-refractivity contribution in [2.24, 2.45) is 0 Å². The summed E-state index contributed by atoms with van der Waals surface area (Å²) >= 11 is 0. The molecular weight excluding hydrogens is 310 g/mol. The molecule has 1 aliphatic heterocycles. The van der Waals surface area contributed by atoms with Crippen molar-refractivity contribution in [3.63, 3.8) is 0 Å². The van der Waals surface area contributed by atoms with Crippen molar-refractivity contribution in [3.05, 3.63) is 65.5 Å². The fourth-order valence-electron chi connectivity index (χ4n) is 3.55. The number of hydrogen-bond donors (Lipinski definition) is 0. The number of nitrogens with zero attached hydrogens (tertiary/aromatic N) is 3. The first kappa shape index (κ1) is 16.3. The molecule has 4 nitrogen and oxygen atoms in total. The zero-order valence-electron chi connectivity index (χ0n) is 14.8. The second kappa shape index (κ2) is 7.38. The molecule has 0 radical (unpaired) electrons. The Kier molecular flexibility index (Phi) is 4.81. The fraction of sp³-hybridized carbons (Fsp3) is 0.381. The van der Waals surface area contributed by atoms with E-state index in [2.05, 4.69) is 46.0 Å². The molecule has 3 aromatic rings. The number of para-hydroxylation sites is 2. The molecule has 130 valence electrons. The average molecular weight is 335 g/mol. The average Bonchev–Trinajstić information content (AvgIpc) is 2.90. The molecule has 4 heteroatoms. The highest BCUT2D eigenvalue weighted by molar-refractivity contribution is 5.72. The topological polar surface area (TPSA) is 32.5 Å². The van der Waals surface area contributed by atoms with Gasteiger partial charge in [0.2, 0.25) is 5.89 Å². The molecule has 2 heterocycles. The maximum absolute atomic E-state index is 5.88. The third-order valence-electron chi connectivity index (χ3n) is 5.03. The smallest absolute Gasteiger partial charge is 0.209 e. The van der Waals surface area contributed by atoms with Crippen molar-refractivity contribution < 1.29 is 4.42 Å². The standard InChI is InChI=1S/C21H25N3O/c1-17-7-2-3-8-18(17)15-23-11-6-12-24(14-13-23)16-21-22-19-9-4-5-10-20(19)25-21/h2-5,7-10H,6,11-16H2,1H3. The van der Waals surface area contributed by atoms with Gasteiger partial charge in [-0.3, -0.25) is 9.80 Å². The van der Waals surface area contributed by atoms with Crippen molar-refractivity contribution >= 4 is 11.1 Å². The molecule has 0 bridgehead atoms. The van der Waals surface area contributed by atoms with Crippen LogP contribution >= 0.6 is 0 Å². The normalized spacial score (nSPS) is 17.0. The molecule has 25 heavy (non-hydrogen) atoms. The Bertz CT molecular complexity index is 809. The van der Waals surface area contributed by atoms with Crippen LogP contribution in [0.25, 0.3) is 11.1 Å². The van der Waals surface area contributed by atoms with E-state index in [9.17, 15) is 0 Å². The van der Waals surface area contributed by atoms with Crippen LogP contribution in [0.2, 0.25) is 0 Å². The number of fused-ring (bicyclic) bond motifs is 1. The van der Waals surface area contributed by atoms with E-state index in [0.29, 0.717) is 0 Å². The van der Waals surface area contributed by atoms with E-state index in [1.54, 1.807) is 0 Å². The summed E-state index contributed by atoms with van der Waals surface area (Å²) in [5, 5.41) is 0. The molecule has 1 aliphatic rings. The van der Waals surface area contributed by atoms with Gasteiger partial charge in [0.15, 0.2) is 5.58 Å². The number of rotatable bonds is 4. The Labute approximate surface area is 149 Å². The molecule has 0 unspecified atom stereocenters. The Balaban J connectivity index is 1.37. The van der Waals surface area contributed by atoms with Crippen LogP contribution in [0.3, 0.4) is 0 Å². The number of aromatic nitrogens is 1. The monoisotopic (exact) mass is 335 g/mol. The maximum atomic E-state index is 5.88. The van der Waals surface area contributed by atoms with E-state index in [-0.39, 0.29) is 0 Å². The van der Waals surface area contributed by atoms with Crippen LogP contribution in [0.4, 0.5) is 0 Å². The Hall–Kier alpha value is -2.17. The molecular formula is C21H25N3O. The highest BCUT2D eigenvalue weighted by Crippen LogP contribution is 2.17. The van der Waals surface area contributed by atoms with Gasteiger partial charge in [0.1, 0.15) is 5.52 Å². The zero-order valence-corrected chi connectivity index (χ0v) is 14.8. The summed E-state index contributed by atoms with van der Waals surface area (Å²) < 4.78 is 5.88. The van der Waals surface area contributed by atoms with Crippen LogP contribution in [0, 0.1) is 6.92 Å². The minimum atomic E-state index is 0.798. The van der Waals surface area contributed by atoms with E-state index in [0.717, 1.165) is 56.3 Å². The van der Waals surface area contributed by atoms with Crippen LogP contribution < -0.4 is 0 Å². The van der Waals surface area contributed by atoms with Crippen LogP contribution in [-0.2, 0) is 13.1 Å². The lowest BCUT2D eigenvalue weighted by atomic mass is 10.1. The lowest BCUT2D eigenvalue weighted by Crippen LogP contribution is -2.30. The molecule has 2 aromatic carbocycles. The predicted molar refractivity (Wildman–Crippen MR) is 100 cm³/mol. The van der Waals surface area contributed by atoms with Crippen LogP contribution in [0.5, 0.6) is 0 Å². The van der Waals surface area contributed by atoms with Gasteiger partial charge < -0.3 is 4.42 Å². The summed E-state index contributed by atoms with van der Waals surface area (Å²) in [6, 6.07) is 16.7. The minimum absolute atomic E-state index is 0.798. The third kappa shape index (κ3) is 3.91. The zero-order chi connectivity index (χ0) is 17.1. The first-order valence-corrected chi connectivity index (χ1v) is 9.11. The van der Waals surface area contributed by atoms with Gasteiger partial charge in [0.25, 0.3) is 0 Å². The van der Waals surface area contributed by atoms with Crippen LogP contribution in [-0.4, -0.2) is 41.0 Å². The summed E-state index contributed by atoms with van der Waals surface area (Å²) in [4.78, 5) is 9.64.